The minimum absolute atomic E-state index is 0.0688. The molecule has 1 aliphatic rings. The molecule has 6 atom stereocenters. The number of aliphatic hydroxyl groups excluding tert-OH is 2. The van der Waals surface area contributed by atoms with Gasteiger partial charge in [0.2, 0.25) is 0 Å². The van der Waals surface area contributed by atoms with Crippen LogP contribution in [-0.4, -0.2) is 89.2 Å². The number of rotatable bonds is 53. The molecule has 0 spiro atoms. The van der Waals surface area contributed by atoms with Gasteiger partial charge in [-0.2, -0.15) is 0 Å². The summed E-state index contributed by atoms with van der Waals surface area (Å²) in [5, 5.41) is 31.4. The fourth-order valence-corrected chi connectivity index (χ4v) is 9.60. The van der Waals surface area contributed by atoms with Crippen LogP contribution in [0.1, 0.15) is 303 Å². The van der Waals surface area contributed by atoms with Crippen molar-refractivity contribution in [2.24, 2.45) is 0 Å². The van der Waals surface area contributed by atoms with Gasteiger partial charge in [-0.3, -0.25) is 14.4 Å². The Balaban J connectivity index is 2.60. The Morgan fingerprint density at radius 2 is 0.781 bits per heavy atom. The van der Waals surface area contributed by atoms with E-state index in [9.17, 15) is 34.5 Å². The standard InChI is InChI=1S/C61H112O12/c1-4-7-10-13-16-19-21-23-25-26-27-28-30-31-33-36-38-41-44-47-53(62)69-50-52(71-54(63)48-45-42-39-35-18-15-12-9-6-3)51-70-61-59(57(66)56(65)58(73-61)60(67)68)72-55(64)49-46-43-40-37-34-32-29-24-22-20-17-14-11-8-5-2/h23,25,52,56-59,61,65-66H,4-22,24,26-51H2,1-3H3,(H,67,68)/b25-23-. The summed E-state index contributed by atoms with van der Waals surface area (Å²) in [6.45, 7) is 6.00. The van der Waals surface area contributed by atoms with Gasteiger partial charge in [0, 0.05) is 19.3 Å². The van der Waals surface area contributed by atoms with Crippen LogP contribution in [0.2, 0.25) is 0 Å². The molecule has 1 heterocycles. The number of hydrogen-bond donors (Lipinski definition) is 3. The lowest BCUT2D eigenvalue weighted by atomic mass is 9.98. The van der Waals surface area contributed by atoms with Crippen LogP contribution >= 0.6 is 0 Å². The van der Waals surface area contributed by atoms with Gasteiger partial charge in [0.25, 0.3) is 0 Å². The van der Waals surface area contributed by atoms with Crippen molar-refractivity contribution in [3.8, 4) is 0 Å². The molecular formula is C61H112O12. The van der Waals surface area contributed by atoms with E-state index in [4.69, 9.17) is 23.7 Å². The Hall–Kier alpha value is -2.54. The maximum absolute atomic E-state index is 13.1. The smallest absolute Gasteiger partial charge is 0.335 e. The summed E-state index contributed by atoms with van der Waals surface area (Å²) in [5.74, 6) is -3.08. The van der Waals surface area contributed by atoms with Crippen LogP contribution in [0.25, 0.3) is 0 Å². The number of esters is 3. The highest BCUT2D eigenvalue weighted by Crippen LogP contribution is 2.27. The van der Waals surface area contributed by atoms with E-state index in [-0.39, 0.29) is 25.9 Å². The van der Waals surface area contributed by atoms with Crippen LogP contribution in [-0.2, 0) is 42.9 Å². The number of carbonyl (C=O) groups is 4. The molecule has 3 N–H and O–H groups in total. The molecule has 0 amide bonds. The fourth-order valence-electron chi connectivity index (χ4n) is 9.60. The lowest BCUT2D eigenvalue weighted by Gasteiger charge is -2.40. The van der Waals surface area contributed by atoms with Crippen LogP contribution in [0.3, 0.4) is 0 Å². The predicted molar refractivity (Wildman–Crippen MR) is 294 cm³/mol. The van der Waals surface area contributed by atoms with E-state index in [0.717, 1.165) is 57.8 Å². The van der Waals surface area contributed by atoms with Crippen LogP contribution in [0, 0.1) is 0 Å². The van der Waals surface area contributed by atoms with E-state index in [1.54, 1.807) is 0 Å². The molecule has 0 aromatic heterocycles. The highest BCUT2D eigenvalue weighted by atomic mass is 16.7. The van der Waals surface area contributed by atoms with Crippen LogP contribution < -0.4 is 0 Å². The highest BCUT2D eigenvalue weighted by molar-refractivity contribution is 5.74. The van der Waals surface area contributed by atoms with Gasteiger partial charge in [0.15, 0.2) is 24.6 Å². The molecule has 73 heavy (non-hydrogen) atoms. The molecule has 0 aliphatic carbocycles. The lowest BCUT2D eigenvalue weighted by molar-refractivity contribution is -0.301. The average molecular weight is 1040 g/mol. The first-order valence-electron chi connectivity index (χ1n) is 30.7. The number of ether oxygens (including phenoxy) is 5. The monoisotopic (exact) mass is 1040 g/mol. The highest BCUT2D eigenvalue weighted by Gasteiger charge is 2.50. The number of aliphatic hydroxyl groups is 2. The van der Waals surface area contributed by atoms with E-state index in [1.807, 2.05) is 0 Å². The summed E-state index contributed by atoms with van der Waals surface area (Å²) < 4.78 is 28.4. The van der Waals surface area contributed by atoms with Gasteiger partial charge in [-0.1, -0.05) is 251 Å². The van der Waals surface area contributed by atoms with Crippen LogP contribution in [0.4, 0.5) is 0 Å². The SMILES string of the molecule is CCCCCCCC/C=C\CCCCCCCCCCCC(=O)OCC(COC1OC(C(=O)O)C(O)C(O)C1OC(=O)CCCCCCCCCCCCCCCCC)OC(=O)CCCCCCCCCCC. The van der Waals surface area contributed by atoms with Crippen molar-refractivity contribution in [1.29, 1.82) is 0 Å². The molecule has 1 aliphatic heterocycles. The number of allylic oxidation sites excluding steroid dienone is 2. The molecule has 0 radical (unpaired) electrons. The summed E-state index contributed by atoms with van der Waals surface area (Å²) in [6, 6.07) is 0. The summed E-state index contributed by atoms with van der Waals surface area (Å²) in [4.78, 5) is 51.0. The molecule has 0 aromatic rings. The van der Waals surface area contributed by atoms with Gasteiger partial charge >= 0.3 is 23.9 Å². The summed E-state index contributed by atoms with van der Waals surface area (Å²) >= 11 is 0. The van der Waals surface area contributed by atoms with E-state index >= 15 is 0 Å². The van der Waals surface area contributed by atoms with Crippen molar-refractivity contribution in [1.82, 2.24) is 0 Å². The molecule has 428 valence electrons. The van der Waals surface area contributed by atoms with Crippen molar-refractivity contribution in [2.45, 2.75) is 340 Å². The number of aliphatic carboxylic acids is 1. The summed E-state index contributed by atoms with van der Waals surface area (Å²) in [6.07, 6.45) is 43.4. The third kappa shape index (κ3) is 40.4. The van der Waals surface area contributed by atoms with Crippen molar-refractivity contribution in [2.75, 3.05) is 13.2 Å². The summed E-state index contributed by atoms with van der Waals surface area (Å²) in [7, 11) is 0. The largest absolute Gasteiger partial charge is 0.479 e. The molecule has 0 saturated carbocycles. The zero-order valence-corrected chi connectivity index (χ0v) is 47.2. The molecule has 0 aromatic carbocycles. The Morgan fingerprint density at radius 3 is 1.16 bits per heavy atom. The molecule has 0 bridgehead atoms. The Bertz CT molecular complexity index is 1320. The molecule has 12 heteroatoms. The van der Waals surface area contributed by atoms with E-state index in [2.05, 4.69) is 32.9 Å². The molecule has 1 rings (SSSR count). The third-order valence-corrected chi connectivity index (χ3v) is 14.3. The predicted octanol–water partition coefficient (Wildman–Crippen LogP) is 15.7. The van der Waals surface area contributed by atoms with E-state index < -0.39 is 67.3 Å². The van der Waals surface area contributed by atoms with Crippen molar-refractivity contribution in [3.63, 3.8) is 0 Å². The zero-order chi connectivity index (χ0) is 53.3. The maximum Gasteiger partial charge on any atom is 0.335 e. The Labute approximate surface area is 446 Å². The number of carbonyl (C=O) groups excluding carboxylic acids is 3. The van der Waals surface area contributed by atoms with Crippen molar-refractivity contribution >= 4 is 23.9 Å². The van der Waals surface area contributed by atoms with Gasteiger partial charge in [-0.15, -0.1) is 0 Å². The van der Waals surface area contributed by atoms with Crippen molar-refractivity contribution < 1.29 is 58.2 Å². The minimum atomic E-state index is -1.89. The second kappa shape index (κ2) is 50.3. The number of hydrogen-bond acceptors (Lipinski definition) is 11. The normalized spacial score (nSPS) is 18.3. The maximum atomic E-state index is 13.1. The number of carboxylic acids is 1. The third-order valence-electron chi connectivity index (χ3n) is 14.3. The van der Waals surface area contributed by atoms with Crippen LogP contribution in [0.5, 0.6) is 0 Å². The Kier molecular flexibility index (Phi) is 47.2. The molecule has 6 unspecified atom stereocenters. The van der Waals surface area contributed by atoms with Crippen molar-refractivity contribution in [3.05, 3.63) is 12.2 Å². The average Bonchev–Trinajstić information content (AvgIpc) is 3.37. The van der Waals surface area contributed by atoms with Gasteiger partial charge in [-0.05, 0) is 44.9 Å². The van der Waals surface area contributed by atoms with Gasteiger partial charge in [-0.25, -0.2) is 4.79 Å². The fraction of sp³-hybridized carbons (Fsp3) is 0.902. The Morgan fingerprint density at radius 1 is 0.438 bits per heavy atom. The summed E-state index contributed by atoms with van der Waals surface area (Å²) in [5.41, 5.74) is 0. The molecule has 12 nitrogen and oxygen atoms in total. The van der Waals surface area contributed by atoms with E-state index in [1.165, 1.54) is 186 Å². The quantitative estimate of drug-likeness (QED) is 0.0228. The zero-order valence-electron chi connectivity index (χ0n) is 47.2. The molecular weight excluding hydrogens is 925 g/mol. The van der Waals surface area contributed by atoms with E-state index in [0.29, 0.717) is 19.3 Å². The number of carboxylic acid groups (broad SMARTS) is 1. The van der Waals surface area contributed by atoms with Gasteiger partial charge in [0.1, 0.15) is 18.8 Å². The first-order valence-corrected chi connectivity index (χ1v) is 30.7. The first kappa shape index (κ1) is 68.5. The molecule has 1 saturated heterocycles. The topological polar surface area (TPSA) is 175 Å². The molecule has 1 fully saturated rings. The van der Waals surface area contributed by atoms with Gasteiger partial charge < -0.3 is 39.0 Å². The second-order valence-electron chi connectivity index (χ2n) is 21.4. The lowest BCUT2D eigenvalue weighted by Crippen LogP contribution is -2.61. The number of unbranched alkanes of at least 4 members (excludes halogenated alkanes) is 37. The first-order chi connectivity index (χ1) is 35.6. The second-order valence-corrected chi connectivity index (χ2v) is 21.4. The van der Waals surface area contributed by atoms with Gasteiger partial charge in [0.05, 0.1) is 6.61 Å². The van der Waals surface area contributed by atoms with Crippen LogP contribution in [0.15, 0.2) is 12.2 Å². The minimum Gasteiger partial charge on any atom is -0.479 e.